The van der Waals surface area contributed by atoms with Gasteiger partial charge < -0.3 is 9.47 Å². The molecule has 0 amide bonds. The van der Waals surface area contributed by atoms with Crippen molar-refractivity contribution in [1.29, 1.82) is 0 Å². The van der Waals surface area contributed by atoms with Crippen LogP contribution in [0.2, 0.25) is 0 Å². The maximum absolute atomic E-state index is 13.6. The van der Waals surface area contributed by atoms with Gasteiger partial charge in [0.05, 0.1) is 14.2 Å². The van der Waals surface area contributed by atoms with Crippen LogP contribution in [-0.2, 0) is 6.42 Å². The molecule has 2 aromatic rings. The third-order valence-corrected chi connectivity index (χ3v) is 3.74. The molecule has 5 heteroatoms. The van der Waals surface area contributed by atoms with Crippen molar-refractivity contribution < 1.29 is 18.7 Å². The first-order valence-corrected chi connectivity index (χ1v) is 7.04. The number of ketones is 1. The largest absolute Gasteiger partial charge is 0.493 e. The van der Waals surface area contributed by atoms with Crippen LogP contribution in [0, 0.1) is 5.82 Å². The summed E-state index contributed by atoms with van der Waals surface area (Å²) >= 11 is 3.33. The molecule has 110 valence electrons. The van der Waals surface area contributed by atoms with Gasteiger partial charge in [0.15, 0.2) is 17.3 Å². The maximum Gasteiger partial charge on any atom is 0.168 e. The zero-order valence-corrected chi connectivity index (χ0v) is 13.2. The van der Waals surface area contributed by atoms with Gasteiger partial charge in [-0.3, -0.25) is 4.79 Å². The molecule has 0 unspecified atom stereocenters. The van der Waals surface area contributed by atoms with Crippen LogP contribution in [0.25, 0.3) is 0 Å². The van der Waals surface area contributed by atoms with Gasteiger partial charge in [0.2, 0.25) is 0 Å². The van der Waals surface area contributed by atoms with E-state index in [-0.39, 0.29) is 18.0 Å². The van der Waals surface area contributed by atoms with Crippen molar-refractivity contribution in [1.82, 2.24) is 0 Å². The number of hydrogen-bond donors (Lipinski definition) is 0. The fourth-order valence-corrected chi connectivity index (χ4v) is 2.52. The summed E-state index contributed by atoms with van der Waals surface area (Å²) in [6, 6.07) is 9.48. The third-order valence-electron chi connectivity index (χ3n) is 3.08. The molecule has 0 radical (unpaired) electrons. The lowest BCUT2D eigenvalue weighted by Crippen LogP contribution is -2.07. The summed E-state index contributed by atoms with van der Waals surface area (Å²) in [4.78, 5) is 12.4. The summed E-state index contributed by atoms with van der Waals surface area (Å²) in [7, 11) is 3.02. The Hall–Kier alpha value is -1.88. The van der Waals surface area contributed by atoms with Crippen molar-refractivity contribution in [3.8, 4) is 11.5 Å². The van der Waals surface area contributed by atoms with Crippen LogP contribution in [0.15, 0.2) is 40.9 Å². The van der Waals surface area contributed by atoms with Crippen LogP contribution in [-0.4, -0.2) is 20.0 Å². The number of benzene rings is 2. The highest BCUT2D eigenvalue weighted by atomic mass is 79.9. The standard InChI is InChI=1S/C16H14BrFO3/c1-20-15-8-11(12(17)9-16(15)21-2)14(19)7-10-5-3-4-6-13(10)18/h3-6,8-9H,7H2,1-2H3. The summed E-state index contributed by atoms with van der Waals surface area (Å²) in [6.45, 7) is 0. The maximum atomic E-state index is 13.6. The van der Waals surface area contributed by atoms with Crippen molar-refractivity contribution in [2.45, 2.75) is 6.42 Å². The van der Waals surface area contributed by atoms with Crippen LogP contribution < -0.4 is 9.47 Å². The molecule has 0 saturated heterocycles. The van der Waals surface area contributed by atoms with Gasteiger partial charge in [-0.05, 0) is 39.7 Å². The molecule has 21 heavy (non-hydrogen) atoms. The van der Waals surface area contributed by atoms with Gasteiger partial charge in [0, 0.05) is 16.5 Å². The number of halogens is 2. The number of Topliss-reactive ketones (excluding diaryl/α,β-unsaturated/α-hetero) is 1. The highest BCUT2D eigenvalue weighted by Gasteiger charge is 2.17. The van der Waals surface area contributed by atoms with E-state index in [2.05, 4.69) is 15.9 Å². The van der Waals surface area contributed by atoms with E-state index in [1.54, 1.807) is 30.3 Å². The predicted octanol–water partition coefficient (Wildman–Crippen LogP) is 4.03. The second kappa shape index (κ2) is 6.72. The van der Waals surface area contributed by atoms with Crippen LogP contribution in [0.1, 0.15) is 15.9 Å². The molecule has 0 aliphatic heterocycles. The van der Waals surface area contributed by atoms with Crippen LogP contribution in [0.3, 0.4) is 0 Å². The van der Waals surface area contributed by atoms with Gasteiger partial charge in [0.1, 0.15) is 5.82 Å². The Bertz CT molecular complexity index is 671. The Balaban J connectivity index is 2.33. The predicted molar refractivity (Wildman–Crippen MR) is 81.7 cm³/mol. The molecule has 0 heterocycles. The zero-order chi connectivity index (χ0) is 15.4. The van der Waals surface area contributed by atoms with Gasteiger partial charge in [-0.25, -0.2) is 4.39 Å². The zero-order valence-electron chi connectivity index (χ0n) is 11.7. The van der Waals surface area contributed by atoms with Crippen molar-refractivity contribution in [3.05, 3.63) is 57.8 Å². The highest BCUT2D eigenvalue weighted by Crippen LogP contribution is 2.33. The van der Waals surface area contributed by atoms with Crippen molar-refractivity contribution in [2.24, 2.45) is 0 Å². The van der Waals surface area contributed by atoms with Crippen molar-refractivity contribution in [3.63, 3.8) is 0 Å². The minimum Gasteiger partial charge on any atom is -0.493 e. The molecule has 0 fully saturated rings. The first kappa shape index (κ1) is 15.5. The lowest BCUT2D eigenvalue weighted by molar-refractivity contribution is 0.0990. The monoisotopic (exact) mass is 352 g/mol. The second-order valence-electron chi connectivity index (χ2n) is 4.38. The molecule has 2 rings (SSSR count). The average molecular weight is 353 g/mol. The molecule has 0 aliphatic rings. The summed E-state index contributed by atoms with van der Waals surface area (Å²) in [5.74, 6) is 0.389. The van der Waals surface area contributed by atoms with Gasteiger partial charge in [0.25, 0.3) is 0 Å². The number of methoxy groups -OCH3 is 2. The Labute approximate surface area is 130 Å². The minimum atomic E-state index is -0.387. The van der Waals surface area contributed by atoms with Gasteiger partial charge in [-0.1, -0.05) is 18.2 Å². The van der Waals surface area contributed by atoms with Crippen molar-refractivity contribution in [2.75, 3.05) is 14.2 Å². The molecular formula is C16H14BrFO3. The Morgan fingerprint density at radius 2 is 1.76 bits per heavy atom. The highest BCUT2D eigenvalue weighted by molar-refractivity contribution is 9.10. The van der Waals surface area contributed by atoms with Crippen LogP contribution in [0.4, 0.5) is 4.39 Å². The Morgan fingerprint density at radius 1 is 1.14 bits per heavy atom. The van der Waals surface area contributed by atoms with E-state index >= 15 is 0 Å². The quantitative estimate of drug-likeness (QED) is 0.762. The van der Waals surface area contributed by atoms with E-state index in [4.69, 9.17) is 9.47 Å². The van der Waals surface area contributed by atoms with E-state index < -0.39 is 0 Å². The molecule has 0 aliphatic carbocycles. The molecule has 0 bridgehead atoms. The normalized spacial score (nSPS) is 10.3. The first-order valence-electron chi connectivity index (χ1n) is 6.25. The van der Waals surface area contributed by atoms with E-state index in [1.807, 2.05) is 0 Å². The topological polar surface area (TPSA) is 35.5 Å². The second-order valence-corrected chi connectivity index (χ2v) is 5.23. The fourth-order valence-electron chi connectivity index (χ4n) is 1.98. The SMILES string of the molecule is COc1cc(Br)c(C(=O)Cc2ccccc2F)cc1OC. The smallest absolute Gasteiger partial charge is 0.168 e. The minimum absolute atomic E-state index is 0.0131. The van der Waals surface area contributed by atoms with Gasteiger partial charge in [-0.15, -0.1) is 0 Å². The molecule has 0 spiro atoms. The van der Waals surface area contributed by atoms with Crippen LogP contribution >= 0.6 is 15.9 Å². The first-order chi connectivity index (χ1) is 10.1. The summed E-state index contributed by atoms with van der Waals surface area (Å²) < 4.78 is 24.6. The van der Waals surface area contributed by atoms with E-state index in [0.717, 1.165) is 0 Å². The van der Waals surface area contributed by atoms with Gasteiger partial charge >= 0.3 is 0 Å². The lowest BCUT2D eigenvalue weighted by Gasteiger charge is -2.11. The van der Waals surface area contributed by atoms with Crippen LogP contribution in [0.5, 0.6) is 11.5 Å². The number of carbonyl (C=O) groups excluding carboxylic acids is 1. The molecule has 0 N–H and O–H groups in total. The fraction of sp³-hybridized carbons (Fsp3) is 0.188. The molecule has 0 aromatic heterocycles. The number of hydrogen-bond acceptors (Lipinski definition) is 3. The molecule has 0 saturated carbocycles. The molecule has 3 nitrogen and oxygen atoms in total. The Kier molecular flexibility index (Phi) is 4.96. The summed E-state index contributed by atoms with van der Waals surface area (Å²) in [6.07, 6.45) is -0.0131. The number of rotatable bonds is 5. The average Bonchev–Trinajstić information content (AvgIpc) is 2.49. The summed E-state index contributed by atoms with van der Waals surface area (Å²) in [5.41, 5.74) is 0.792. The van der Waals surface area contributed by atoms with E-state index in [0.29, 0.717) is 27.1 Å². The number of carbonyl (C=O) groups is 1. The molecule has 0 atom stereocenters. The summed E-state index contributed by atoms with van der Waals surface area (Å²) in [5, 5.41) is 0. The lowest BCUT2D eigenvalue weighted by atomic mass is 10.0. The van der Waals surface area contributed by atoms with E-state index in [1.165, 1.54) is 20.3 Å². The third kappa shape index (κ3) is 3.42. The number of ether oxygens (including phenoxy) is 2. The molecule has 2 aromatic carbocycles. The van der Waals surface area contributed by atoms with Crippen molar-refractivity contribution >= 4 is 21.7 Å². The van der Waals surface area contributed by atoms with E-state index in [9.17, 15) is 9.18 Å². The molecular weight excluding hydrogens is 339 g/mol. The Morgan fingerprint density at radius 3 is 2.38 bits per heavy atom. The van der Waals surface area contributed by atoms with Gasteiger partial charge in [-0.2, -0.15) is 0 Å².